The van der Waals surface area contributed by atoms with E-state index in [4.69, 9.17) is 23.2 Å². The summed E-state index contributed by atoms with van der Waals surface area (Å²) < 4.78 is 38.0. The van der Waals surface area contributed by atoms with Gasteiger partial charge in [-0.15, -0.1) is 0 Å². The van der Waals surface area contributed by atoms with E-state index < -0.39 is 11.7 Å². The molecule has 0 spiro atoms. The van der Waals surface area contributed by atoms with Crippen LogP contribution >= 0.6 is 39.1 Å². The maximum Gasteiger partial charge on any atom is 0.416 e. The molecule has 0 atom stereocenters. The van der Waals surface area contributed by atoms with Crippen molar-refractivity contribution < 1.29 is 13.2 Å². The highest BCUT2D eigenvalue weighted by molar-refractivity contribution is 9.10. The normalized spacial score (nSPS) is 11.5. The van der Waals surface area contributed by atoms with E-state index >= 15 is 0 Å². The molecule has 21 heavy (non-hydrogen) atoms. The third-order valence-corrected chi connectivity index (χ3v) is 4.57. The Morgan fingerprint density at radius 1 is 0.952 bits per heavy atom. The molecule has 0 fully saturated rings. The molecule has 2 aromatic carbocycles. The summed E-state index contributed by atoms with van der Waals surface area (Å²) in [5.41, 5.74) is 0.652. The Morgan fingerprint density at radius 2 is 1.57 bits per heavy atom. The first kappa shape index (κ1) is 16.5. The van der Waals surface area contributed by atoms with E-state index in [0.29, 0.717) is 32.3 Å². The third kappa shape index (κ3) is 4.05. The molecular formula is C14H9BrCl2F3N. The number of halogens is 6. The van der Waals surface area contributed by atoms with Gasteiger partial charge in [-0.2, -0.15) is 13.2 Å². The highest BCUT2D eigenvalue weighted by Crippen LogP contribution is 2.36. The van der Waals surface area contributed by atoms with Crippen molar-refractivity contribution in [2.45, 2.75) is 12.7 Å². The Labute approximate surface area is 138 Å². The van der Waals surface area contributed by atoms with E-state index in [-0.39, 0.29) is 0 Å². The first-order valence-electron chi connectivity index (χ1n) is 5.82. The van der Waals surface area contributed by atoms with E-state index in [2.05, 4.69) is 21.2 Å². The lowest BCUT2D eigenvalue weighted by atomic mass is 10.1. The molecule has 0 aromatic heterocycles. The first-order chi connectivity index (χ1) is 9.79. The molecule has 0 aliphatic carbocycles. The second-order valence-electron chi connectivity index (χ2n) is 4.27. The Balaban J connectivity index is 2.09. The highest BCUT2D eigenvalue weighted by atomic mass is 79.9. The van der Waals surface area contributed by atoms with Gasteiger partial charge in [-0.1, -0.05) is 35.3 Å². The molecule has 1 N–H and O–H groups in total. The molecule has 0 heterocycles. The lowest BCUT2D eigenvalue weighted by molar-refractivity contribution is -0.137. The van der Waals surface area contributed by atoms with Crippen LogP contribution in [-0.2, 0) is 12.7 Å². The van der Waals surface area contributed by atoms with Crippen LogP contribution in [0.5, 0.6) is 0 Å². The largest absolute Gasteiger partial charge is 0.416 e. The summed E-state index contributed by atoms with van der Waals surface area (Å²) in [7, 11) is 0. The van der Waals surface area contributed by atoms with Gasteiger partial charge in [-0.3, -0.25) is 0 Å². The SMILES string of the molecule is FC(F)(F)c1ccc(CNc2ccc(Br)c(Cl)c2Cl)cc1. The molecule has 0 bridgehead atoms. The molecule has 7 heteroatoms. The number of rotatable bonds is 3. The van der Waals surface area contributed by atoms with E-state index in [0.717, 1.165) is 12.1 Å². The lowest BCUT2D eigenvalue weighted by Gasteiger charge is -2.11. The van der Waals surface area contributed by atoms with Gasteiger partial charge in [0, 0.05) is 11.0 Å². The second kappa shape index (κ2) is 6.46. The number of hydrogen-bond donors (Lipinski definition) is 1. The van der Waals surface area contributed by atoms with Crippen molar-refractivity contribution in [3.63, 3.8) is 0 Å². The number of benzene rings is 2. The predicted octanol–water partition coefficient (Wildman–Crippen LogP) is 6.39. The number of alkyl halides is 3. The molecule has 0 unspecified atom stereocenters. The first-order valence-corrected chi connectivity index (χ1v) is 7.37. The third-order valence-electron chi connectivity index (χ3n) is 2.80. The smallest absolute Gasteiger partial charge is 0.380 e. The molecule has 0 saturated carbocycles. The minimum atomic E-state index is -4.32. The highest BCUT2D eigenvalue weighted by Gasteiger charge is 2.29. The minimum absolute atomic E-state index is 0.343. The van der Waals surface area contributed by atoms with Gasteiger partial charge in [0.25, 0.3) is 0 Å². The molecule has 2 rings (SSSR count). The molecular weight excluding hydrogens is 390 g/mol. The number of anilines is 1. The maximum atomic E-state index is 12.5. The van der Waals surface area contributed by atoms with Crippen LogP contribution in [0.25, 0.3) is 0 Å². The zero-order valence-corrected chi connectivity index (χ0v) is 13.5. The summed E-state index contributed by atoms with van der Waals surface area (Å²) in [6, 6.07) is 8.42. The zero-order valence-electron chi connectivity index (χ0n) is 10.4. The van der Waals surface area contributed by atoms with Crippen molar-refractivity contribution in [3.8, 4) is 0 Å². The van der Waals surface area contributed by atoms with Crippen molar-refractivity contribution in [2.24, 2.45) is 0 Å². The van der Waals surface area contributed by atoms with Crippen molar-refractivity contribution in [1.29, 1.82) is 0 Å². The van der Waals surface area contributed by atoms with E-state index in [9.17, 15) is 13.2 Å². The molecule has 0 aliphatic rings. The Morgan fingerprint density at radius 3 is 2.14 bits per heavy atom. The molecule has 0 saturated heterocycles. The van der Waals surface area contributed by atoms with Crippen molar-refractivity contribution in [3.05, 3.63) is 62.0 Å². The number of nitrogens with one attached hydrogen (secondary N) is 1. The van der Waals surface area contributed by atoms with Gasteiger partial charge in [0.2, 0.25) is 0 Å². The predicted molar refractivity (Wildman–Crippen MR) is 82.9 cm³/mol. The van der Waals surface area contributed by atoms with Gasteiger partial charge in [-0.25, -0.2) is 0 Å². The van der Waals surface area contributed by atoms with Crippen molar-refractivity contribution >= 4 is 44.8 Å². The van der Waals surface area contributed by atoms with Crippen molar-refractivity contribution in [1.82, 2.24) is 0 Å². The monoisotopic (exact) mass is 397 g/mol. The minimum Gasteiger partial charge on any atom is -0.380 e. The topological polar surface area (TPSA) is 12.0 Å². The summed E-state index contributed by atoms with van der Waals surface area (Å²) in [5.74, 6) is 0. The fourth-order valence-electron chi connectivity index (χ4n) is 1.67. The molecule has 0 aliphatic heterocycles. The van der Waals surface area contributed by atoms with E-state index in [1.165, 1.54) is 12.1 Å². The zero-order chi connectivity index (χ0) is 15.6. The standard InChI is InChI=1S/C14H9BrCl2F3N/c15-10-5-6-11(13(17)12(10)16)21-7-8-1-3-9(4-2-8)14(18,19)20/h1-6,21H,7H2. The van der Waals surface area contributed by atoms with Gasteiger partial charge < -0.3 is 5.32 Å². The second-order valence-corrected chi connectivity index (χ2v) is 5.88. The van der Waals surface area contributed by atoms with Crippen LogP contribution in [0.2, 0.25) is 10.0 Å². The Kier molecular flexibility index (Phi) is 5.07. The van der Waals surface area contributed by atoms with Crippen LogP contribution in [-0.4, -0.2) is 0 Å². The summed E-state index contributed by atoms with van der Waals surface area (Å²) >= 11 is 15.3. The molecule has 0 amide bonds. The molecule has 2 aromatic rings. The van der Waals surface area contributed by atoms with Gasteiger partial charge >= 0.3 is 6.18 Å². The van der Waals surface area contributed by atoms with Gasteiger partial charge in [0.05, 0.1) is 21.3 Å². The fourth-order valence-corrected chi connectivity index (χ4v) is 2.51. The van der Waals surface area contributed by atoms with Gasteiger partial charge in [0.15, 0.2) is 0 Å². The maximum absolute atomic E-state index is 12.5. The van der Waals surface area contributed by atoms with Crippen LogP contribution in [0.1, 0.15) is 11.1 Å². The average Bonchev–Trinajstić information content (AvgIpc) is 2.43. The molecule has 112 valence electrons. The van der Waals surface area contributed by atoms with Crippen LogP contribution < -0.4 is 5.32 Å². The summed E-state index contributed by atoms with van der Waals surface area (Å²) in [4.78, 5) is 0. The van der Waals surface area contributed by atoms with Crippen molar-refractivity contribution in [2.75, 3.05) is 5.32 Å². The quantitative estimate of drug-likeness (QED) is 0.591. The Bertz CT molecular complexity index is 642. The molecule has 0 radical (unpaired) electrons. The van der Waals surface area contributed by atoms with Gasteiger partial charge in [0.1, 0.15) is 0 Å². The summed E-state index contributed by atoms with van der Waals surface area (Å²) in [6.45, 7) is 0.343. The number of hydrogen-bond acceptors (Lipinski definition) is 1. The lowest BCUT2D eigenvalue weighted by Crippen LogP contribution is -2.05. The van der Waals surface area contributed by atoms with E-state index in [1.807, 2.05) is 0 Å². The summed E-state index contributed by atoms with van der Waals surface area (Å²) in [5, 5.41) is 3.78. The molecule has 1 nitrogen and oxygen atoms in total. The van der Waals surface area contributed by atoms with Crippen LogP contribution in [0.15, 0.2) is 40.9 Å². The van der Waals surface area contributed by atoms with Crippen LogP contribution in [0.3, 0.4) is 0 Å². The van der Waals surface area contributed by atoms with Crippen LogP contribution in [0.4, 0.5) is 18.9 Å². The Hall–Kier alpha value is -0.910. The van der Waals surface area contributed by atoms with Crippen LogP contribution in [0, 0.1) is 0 Å². The van der Waals surface area contributed by atoms with E-state index in [1.54, 1.807) is 12.1 Å². The average molecular weight is 399 g/mol. The summed E-state index contributed by atoms with van der Waals surface area (Å²) in [6.07, 6.45) is -4.32. The fraction of sp³-hybridized carbons (Fsp3) is 0.143. The van der Waals surface area contributed by atoms with Gasteiger partial charge in [-0.05, 0) is 45.8 Å².